The van der Waals surface area contributed by atoms with E-state index in [1.807, 2.05) is 0 Å². The van der Waals surface area contributed by atoms with Gasteiger partial charge in [0.05, 0.1) is 18.1 Å². The highest BCUT2D eigenvalue weighted by Crippen LogP contribution is 2.23. The lowest BCUT2D eigenvalue weighted by molar-refractivity contribution is -0.132. The monoisotopic (exact) mass is 253 g/mol. The maximum Gasteiger partial charge on any atom is 0.325 e. The second-order valence-corrected chi connectivity index (χ2v) is 5.40. The van der Waals surface area contributed by atoms with Crippen LogP contribution in [0, 0.1) is 16.7 Å². The second kappa shape index (κ2) is 4.94. The molecule has 6 nitrogen and oxygen atoms in total. The maximum atomic E-state index is 12.1. The van der Waals surface area contributed by atoms with Crippen molar-refractivity contribution >= 4 is 11.9 Å². The predicted octanol–water partition coefficient (Wildman–Crippen LogP) is 0.883. The van der Waals surface area contributed by atoms with Crippen molar-refractivity contribution < 1.29 is 14.3 Å². The minimum absolute atomic E-state index is 0.135. The quantitative estimate of drug-likeness (QED) is 0.737. The van der Waals surface area contributed by atoms with E-state index in [-0.39, 0.29) is 19.1 Å². The number of imide groups is 1. The van der Waals surface area contributed by atoms with Gasteiger partial charge in [0.2, 0.25) is 0 Å². The van der Waals surface area contributed by atoms with Crippen molar-refractivity contribution in [1.82, 2.24) is 10.2 Å². The van der Waals surface area contributed by atoms with Crippen molar-refractivity contribution in [2.24, 2.45) is 5.41 Å². The zero-order valence-electron chi connectivity index (χ0n) is 11.2. The molecule has 1 heterocycles. The first-order chi connectivity index (χ1) is 8.25. The molecule has 1 rings (SSSR count). The van der Waals surface area contributed by atoms with Gasteiger partial charge in [-0.15, -0.1) is 0 Å². The molecule has 1 N–H and O–H groups in total. The minimum atomic E-state index is -0.997. The van der Waals surface area contributed by atoms with Crippen LogP contribution < -0.4 is 5.32 Å². The van der Waals surface area contributed by atoms with E-state index in [9.17, 15) is 9.59 Å². The Balaban J connectivity index is 2.72. The summed E-state index contributed by atoms with van der Waals surface area (Å²) in [5, 5.41) is 11.5. The van der Waals surface area contributed by atoms with E-state index >= 15 is 0 Å². The van der Waals surface area contributed by atoms with Crippen molar-refractivity contribution in [3.05, 3.63) is 0 Å². The summed E-state index contributed by atoms with van der Waals surface area (Å²) in [5.41, 5.74) is -1.55. The molecule has 0 aromatic heterocycles. The van der Waals surface area contributed by atoms with Gasteiger partial charge >= 0.3 is 6.03 Å². The summed E-state index contributed by atoms with van der Waals surface area (Å²) in [7, 11) is 1.48. The number of nitriles is 1. The topological polar surface area (TPSA) is 82.4 Å². The molecule has 3 amide bonds. The number of carbonyl (C=O) groups is 2. The van der Waals surface area contributed by atoms with Crippen molar-refractivity contribution in [2.45, 2.75) is 32.7 Å². The van der Waals surface area contributed by atoms with Crippen LogP contribution in [0.2, 0.25) is 0 Å². The van der Waals surface area contributed by atoms with Gasteiger partial charge < -0.3 is 10.1 Å². The molecule has 6 heteroatoms. The lowest BCUT2D eigenvalue weighted by Gasteiger charge is -2.22. The molecule has 1 fully saturated rings. The Labute approximate surface area is 107 Å². The van der Waals surface area contributed by atoms with Gasteiger partial charge in [0.15, 0.2) is 0 Å². The Morgan fingerprint density at radius 1 is 1.50 bits per heavy atom. The zero-order valence-corrected chi connectivity index (χ0v) is 11.2. The fourth-order valence-electron chi connectivity index (χ4n) is 1.78. The summed E-state index contributed by atoms with van der Waals surface area (Å²) < 4.78 is 4.95. The van der Waals surface area contributed by atoms with Crippen LogP contribution in [0.3, 0.4) is 0 Å². The third kappa shape index (κ3) is 2.79. The highest BCUT2D eigenvalue weighted by atomic mass is 16.5. The highest BCUT2D eigenvalue weighted by molar-refractivity contribution is 6.06. The van der Waals surface area contributed by atoms with Crippen LogP contribution in [0.5, 0.6) is 0 Å². The van der Waals surface area contributed by atoms with Gasteiger partial charge in [-0.25, -0.2) is 4.79 Å². The molecule has 1 aliphatic rings. The molecule has 1 saturated heterocycles. The van der Waals surface area contributed by atoms with E-state index in [2.05, 4.69) is 11.4 Å². The third-order valence-corrected chi connectivity index (χ3v) is 3.04. The Morgan fingerprint density at radius 2 is 2.11 bits per heavy atom. The largest absolute Gasteiger partial charge is 0.382 e. The summed E-state index contributed by atoms with van der Waals surface area (Å²) in [6.45, 7) is 5.56. The standard InChI is InChI=1S/C12H19N3O3/c1-11(2,7-13)5-6-15-9(16)12(3,8-18-4)14-10(15)17/h5-6,8H2,1-4H3,(H,14,17). The van der Waals surface area contributed by atoms with Crippen LogP contribution in [0.15, 0.2) is 0 Å². The number of carbonyl (C=O) groups excluding carboxylic acids is 2. The Bertz CT molecular complexity index is 400. The van der Waals surface area contributed by atoms with Crippen LogP contribution in [0.25, 0.3) is 0 Å². The van der Waals surface area contributed by atoms with Crippen molar-refractivity contribution in [2.75, 3.05) is 20.3 Å². The van der Waals surface area contributed by atoms with Gasteiger partial charge in [-0.3, -0.25) is 9.69 Å². The smallest absolute Gasteiger partial charge is 0.325 e. The average molecular weight is 253 g/mol. The molecule has 0 saturated carbocycles. The fraction of sp³-hybridized carbons (Fsp3) is 0.750. The van der Waals surface area contributed by atoms with Crippen molar-refractivity contribution in [1.29, 1.82) is 5.26 Å². The highest BCUT2D eigenvalue weighted by Gasteiger charge is 2.47. The summed E-state index contributed by atoms with van der Waals surface area (Å²) in [6.07, 6.45) is 0.450. The van der Waals surface area contributed by atoms with E-state index in [4.69, 9.17) is 10.00 Å². The SMILES string of the molecule is COCC1(C)NC(=O)N(CCC(C)(C)C#N)C1=O. The molecule has 18 heavy (non-hydrogen) atoms. The van der Waals surface area contributed by atoms with Crippen LogP contribution >= 0.6 is 0 Å². The fourth-order valence-corrected chi connectivity index (χ4v) is 1.78. The lowest BCUT2D eigenvalue weighted by atomic mass is 9.91. The Morgan fingerprint density at radius 3 is 2.61 bits per heavy atom. The van der Waals surface area contributed by atoms with Gasteiger partial charge in [-0.2, -0.15) is 5.26 Å². The minimum Gasteiger partial charge on any atom is -0.382 e. The molecule has 0 radical (unpaired) electrons. The molecule has 1 atom stereocenters. The molecule has 0 aromatic carbocycles. The van der Waals surface area contributed by atoms with Crippen LogP contribution in [-0.4, -0.2) is 42.6 Å². The number of ether oxygens (including phenoxy) is 1. The van der Waals surface area contributed by atoms with Crippen molar-refractivity contribution in [3.8, 4) is 6.07 Å². The van der Waals surface area contributed by atoms with E-state index < -0.39 is 17.0 Å². The molecule has 100 valence electrons. The van der Waals surface area contributed by atoms with Crippen LogP contribution in [0.1, 0.15) is 27.2 Å². The number of rotatable bonds is 5. The Hall–Kier alpha value is -1.61. The number of hydrogen-bond acceptors (Lipinski definition) is 4. The molecular formula is C12H19N3O3. The van der Waals surface area contributed by atoms with Gasteiger partial charge in [-0.1, -0.05) is 0 Å². The normalized spacial score (nSPS) is 24.1. The molecule has 0 spiro atoms. The third-order valence-electron chi connectivity index (χ3n) is 3.04. The number of hydrogen-bond donors (Lipinski definition) is 1. The van der Waals surface area contributed by atoms with Crippen molar-refractivity contribution in [3.63, 3.8) is 0 Å². The van der Waals surface area contributed by atoms with E-state index in [1.54, 1.807) is 20.8 Å². The van der Waals surface area contributed by atoms with Gasteiger partial charge in [-0.05, 0) is 27.2 Å². The summed E-state index contributed by atoms with van der Waals surface area (Å²) in [5.74, 6) is -0.303. The number of urea groups is 1. The summed E-state index contributed by atoms with van der Waals surface area (Å²) in [4.78, 5) is 25.0. The van der Waals surface area contributed by atoms with E-state index in [1.165, 1.54) is 7.11 Å². The number of methoxy groups -OCH3 is 1. The first-order valence-electron chi connectivity index (χ1n) is 5.80. The van der Waals surface area contributed by atoms with Gasteiger partial charge in [0, 0.05) is 13.7 Å². The molecule has 0 aromatic rings. The summed E-state index contributed by atoms with van der Waals surface area (Å²) >= 11 is 0. The zero-order chi connectivity index (χ0) is 14.0. The predicted molar refractivity (Wildman–Crippen MR) is 64.5 cm³/mol. The second-order valence-electron chi connectivity index (χ2n) is 5.40. The number of nitrogens with one attached hydrogen (secondary N) is 1. The van der Waals surface area contributed by atoms with Crippen LogP contribution in [0.4, 0.5) is 4.79 Å². The number of amides is 3. The molecular weight excluding hydrogens is 234 g/mol. The van der Waals surface area contributed by atoms with Gasteiger partial charge in [0.25, 0.3) is 5.91 Å². The average Bonchev–Trinajstić information content (AvgIpc) is 2.48. The van der Waals surface area contributed by atoms with Gasteiger partial charge in [0.1, 0.15) is 5.54 Å². The first-order valence-corrected chi connectivity index (χ1v) is 5.80. The summed E-state index contributed by atoms with van der Waals surface area (Å²) in [6, 6.07) is 1.72. The molecule has 1 unspecified atom stereocenters. The first kappa shape index (κ1) is 14.5. The number of nitrogens with zero attached hydrogens (tertiary/aromatic N) is 2. The van der Waals surface area contributed by atoms with Crippen LogP contribution in [-0.2, 0) is 9.53 Å². The molecule has 0 bridgehead atoms. The van der Waals surface area contributed by atoms with E-state index in [0.29, 0.717) is 6.42 Å². The van der Waals surface area contributed by atoms with E-state index in [0.717, 1.165) is 4.90 Å². The molecule has 0 aliphatic carbocycles. The lowest BCUT2D eigenvalue weighted by Crippen LogP contribution is -2.48. The molecule has 1 aliphatic heterocycles. The Kier molecular flexibility index (Phi) is 3.97. The maximum absolute atomic E-state index is 12.1.